The lowest BCUT2D eigenvalue weighted by atomic mass is 10.0. The molecule has 156 valence electrons. The first-order chi connectivity index (χ1) is 14.3. The minimum Gasteiger partial charge on any atom is -0.467 e. The van der Waals surface area contributed by atoms with Crippen molar-refractivity contribution in [3.8, 4) is 0 Å². The Morgan fingerprint density at radius 2 is 1.73 bits per heavy atom. The lowest BCUT2D eigenvalue weighted by Crippen LogP contribution is -2.30. The number of anilines is 2. The number of nitrogens with one attached hydrogen (secondary N) is 2. The van der Waals surface area contributed by atoms with Crippen molar-refractivity contribution in [3.63, 3.8) is 0 Å². The molecule has 0 saturated carbocycles. The zero-order chi connectivity index (χ0) is 21.7. The number of furan rings is 1. The van der Waals surface area contributed by atoms with Crippen LogP contribution in [-0.2, 0) is 16.1 Å². The minimum absolute atomic E-state index is 0.353. The predicted molar refractivity (Wildman–Crippen MR) is 117 cm³/mol. The number of carbonyl (C=O) groups is 2. The van der Waals surface area contributed by atoms with Gasteiger partial charge in [0.15, 0.2) is 6.10 Å². The quantitative estimate of drug-likeness (QED) is 0.540. The second-order valence-electron chi connectivity index (χ2n) is 7.29. The molecule has 2 N–H and O–H groups in total. The molecule has 1 atom stereocenters. The molecule has 0 bridgehead atoms. The monoisotopic (exact) mass is 406 g/mol. The van der Waals surface area contributed by atoms with Crippen molar-refractivity contribution in [2.24, 2.45) is 0 Å². The SMILES string of the molecule is Cc1cc(C)c(NC(=O)[C@H](C)OC(=O)c2ccccc2NCc2ccco2)c(C)c1. The van der Waals surface area contributed by atoms with Gasteiger partial charge in [0.1, 0.15) is 5.76 Å². The first-order valence-electron chi connectivity index (χ1n) is 9.80. The van der Waals surface area contributed by atoms with E-state index in [9.17, 15) is 9.59 Å². The van der Waals surface area contributed by atoms with E-state index in [1.165, 1.54) is 0 Å². The van der Waals surface area contributed by atoms with Crippen LogP contribution in [0.15, 0.2) is 59.2 Å². The molecule has 6 nitrogen and oxygen atoms in total. The highest BCUT2D eigenvalue weighted by molar-refractivity contribution is 6.00. The maximum atomic E-state index is 12.7. The summed E-state index contributed by atoms with van der Waals surface area (Å²) >= 11 is 0. The second-order valence-corrected chi connectivity index (χ2v) is 7.29. The molecule has 1 aromatic heterocycles. The molecule has 0 aliphatic heterocycles. The van der Waals surface area contributed by atoms with Gasteiger partial charge in [-0.1, -0.05) is 29.8 Å². The number of esters is 1. The van der Waals surface area contributed by atoms with Crippen LogP contribution < -0.4 is 10.6 Å². The lowest BCUT2D eigenvalue weighted by Gasteiger charge is -2.18. The number of benzene rings is 2. The smallest absolute Gasteiger partial charge is 0.341 e. The van der Waals surface area contributed by atoms with Crippen molar-refractivity contribution >= 4 is 23.3 Å². The number of para-hydroxylation sites is 1. The van der Waals surface area contributed by atoms with Crippen LogP contribution in [0, 0.1) is 20.8 Å². The summed E-state index contributed by atoms with van der Waals surface area (Å²) in [5.74, 6) is -0.202. The Labute approximate surface area is 176 Å². The number of aryl methyl sites for hydroxylation is 3. The fourth-order valence-electron chi connectivity index (χ4n) is 3.29. The number of carbonyl (C=O) groups excluding carboxylic acids is 2. The summed E-state index contributed by atoms with van der Waals surface area (Å²) in [6, 6.07) is 14.7. The maximum absolute atomic E-state index is 12.7. The summed E-state index contributed by atoms with van der Waals surface area (Å²) in [5, 5.41) is 6.04. The Hall–Kier alpha value is -3.54. The van der Waals surface area contributed by atoms with Gasteiger partial charge in [-0.15, -0.1) is 0 Å². The highest BCUT2D eigenvalue weighted by Gasteiger charge is 2.22. The van der Waals surface area contributed by atoms with Crippen LogP contribution in [0.1, 0.15) is 39.7 Å². The Bertz CT molecular complexity index is 1020. The minimum atomic E-state index is -0.948. The van der Waals surface area contributed by atoms with Crippen molar-refractivity contribution in [1.29, 1.82) is 0 Å². The number of rotatable bonds is 7. The molecule has 0 radical (unpaired) electrons. The summed E-state index contributed by atoms with van der Waals surface area (Å²) in [7, 11) is 0. The van der Waals surface area contributed by atoms with Crippen molar-refractivity contribution in [2.75, 3.05) is 10.6 Å². The largest absolute Gasteiger partial charge is 0.467 e. The van der Waals surface area contributed by atoms with Crippen LogP contribution >= 0.6 is 0 Å². The predicted octanol–water partition coefficient (Wildman–Crippen LogP) is 5.00. The molecule has 1 heterocycles. The van der Waals surface area contributed by atoms with E-state index in [4.69, 9.17) is 9.15 Å². The molecule has 0 aliphatic rings. The summed E-state index contributed by atoms with van der Waals surface area (Å²) in [4.78, 5) is 25.3. The lowest BCUT2D eigenvalue weighted by molar-refractivity contribution is -0.123. The van der Waals surface area contributed by atoms with Gasteiger partial charge in [-0.25, -0.2) is 4.79 Å². The van der Waals surface area contributed by atoms with Gasteiger partial charge in [0.25, 0.3) is 5.91 Å². The van der Waals surface area contributed by atoms with E-state index in [-0.39, 0.29) is 5.91 Å². The van der Waals surface area contributed by atoms with E-state index in [1.54, 1.807) is 37.5 Å². The maximum Gasteiger partial charge on any atom is 0.341 e. The molecule has 30 heavy (non-hydrogen) atoms. The van der Waals surface area contributed by atoms with Crippen molar-refractivity contribution in [3.05, 3.63) is 82.8 Å². The molecule has 0 spiro atoms. The Morgan fingerprint density at radius 3 is 2.40 bits per heavy atom. The van der Waals surface area contributed by atoms with Crippen LogP contribution in [-0.4, -0.2) is 18.0 Å². The summed E-state index contributed by atoms with van der Waals surface area (Å²) < 4.78 is 10.7. The molecular weight excluding hydrogens is 380 g/mol. The summed E-state index contributed by atoms with van der Waals surface area (Å²) in [6.45, 7) is 7.87. The van der Waals surface area contributed by atoms with Crippen LogP contribution in [0.2, 0.25) is 0 Å². The van der Waals surface area contributed by atoms with Gasteiger partial charge in [-0.2, -0.15) is 0 Å². The molecule has 0 aliphatic carbocycles. The van der Waals surface area contributed by atoms with E-state index in [2.05, 4.69) is 10.6 Å². The zero-order valence-electron chi connectivity index (χ0n) is 17.6. The van der Waals surface area contributed by atoms with Crippen molar-refractivity contribution in [2.45, 2.75) is 40.3 Å². The summed E-state index contributed by atoms with van der Waals surface area (Å²) in [6.07, 6.45) is 0.644. The molecule has 0 saturated heterocycles. The molecule has 6 heteroatoms. The van der Waals surface area contributed by atoms with Gasteiger partial charge in [0.05, 0.1) is 18.4 Å². The van der Waals surface area contributed by atoms with Crippen LogP contribution in [0.3, 0.4) is 0 Å². The topological polar surface area (TPSA) is 80.6 Å². The average Bonchev–Trinajstić information content (AvgIpc) is 3.22. The van der Waals surface area contributed by atoms with Crippen LogP contribution in [0.5, 0.6) is 0 Å². The average molecular weight is 406 g/mol. The Kier molecular flexibility index (Phi) is 6.57. The van der Waals surface area contributed by atoms with Gasteiger partial charge < -0.3 is 19.8 Å². The Morgan fingerprint density at radius 1 is 1.03 bits per heavy atom. The third-order valence-electron chi connectivity index (χ3n) is 4.76. The number of hydrogen-bond acceptors (Lipinski definition) is 5. The second kappa shape index (κ2) is 9.31. The number of ether oxygens (including phenoxy) is 1. The number of hydrogen-bond donors (Lipinski definition) is 2. The van der Waals surface area contributed by atoms with E-state index < -0.39 is 12.1 Å². The standard InChI is InChI=1S/C24H26N2O4/c1-15-12-16(2)22(17(3)13-15)26-23(27)18(4)30-24(28)20-9-5-6-10-21(20)25-14-19-8-7-11-29-19/h5-13,18,25H,14H2,1-4H3,(H,26,27)/t18-/m0/s1. The van der Waals surface area contributed by atoms with Crippen molar-refractivity contribution in [1.82, 2.24) is 0 Å². The molecule has 3 aromatic rings. The third-order valence-corrected chi connectivity index (χ3v) is 4.76. The van der Waals surface area contributed by atoms with Crippen LogP contribution in [0.4, 0.5) is 11.4 Å². The zero-order valence-corrected chi connectivity index (χ0v) is 17.6. The van der Waals surface area contributed by atoms with E-state index in [0.717, 1.165) is 28.1 Å². The molecule has 0 fully saturated rings. The van der Waals surface area contributed by atoms with E-state index >= 15 is 0 Å². The fourth-order valence-corrected chi connectivity index (χ4v) is 3.29. The van der Waals surface area contributed by atoms with Crippen LogP contribution in [0.25, 0.3) is 0 Å². The Balaban J connectivity index is 1.66. The van der Waals surface area contributed by atoms with E-state index in [1.807, 2.05) is 45.0 Å². The molecule has 3 rings (SSSR count). The summed E-state index contributed by atoms with van der Waals surface area (Å²) in [5.41, 5.74) is 4.76. The highest BCUT2D eigenvalue weighted by atomic mass is 16.5. The molecule has 1 amide bonds. The van der Waals surface area contributed by atoms with Gasteiger partial charge in [-0.3, -0.25) is 4.79 Å². The van der Waals surface area contributed by atoms with Gasteiger partial charge in [0.2, 0.25) is 0 Å². The molecule has 2 aromatic carbocycles. The normalized spacial score (nSPS) is 11.6. The molecule has 0 unspecified atom stereocenters. The fraction of sp³-hybridized carbons (Fsp3) is 0.250. The molecular formula is C24H26N2O4. The third kappa shape index (κ3) is 5.08. The van der Waals surface area contributed by atoms with Crippen molar-refractivity contribution < 1.29 is 18.7 Å². The highest BCUT2D eigenvalue weighted by Crippen LogP contribution is 2.23. The first-order valence-corrected chi connectivity index (χ1v) is 9.80. The number of amides is 1. The van der Waals surface area contributed by atoms with E-state index in [0.29, 0.717) is 17.8 Å². The first kappa shape index (κ1) is 21.2. The van der Waals surface area contributed by atoms with Gasteiger partial charge in [0, 0.05) is 11.4 Å². The van der Waals surface area contributed by atoms with Gasteiger partial charge in [-0.05, 0) is 63.1 Å². The van der Waals surface area contributed by atoms with Gasteiger partial charge >= 0.3 is 5.97 Å².